The highest BCUT2D eigenvalue weighted by molar-refractivity contribution is 6.04. The zero-order chi connectivity index (χ0) is 17.3. The molecular weight excluding hydrogens is 327 g/mol. The lowest BCUT2D eigenvalue weighted by molar-refractivity contribution is -0.384. The molecule has 0 aliphatic rings. The van der Waals surface area contributed by atoms with Gasteiger partial charge in [-0.2, -0.15) is 0 Å². The average molecular weight is 332 g/mol. The van der Waals surface area contributed by atoms with E-state index in [1.54, 1.807) is 0 Å². The normalized spacial score (nSPS) is 10.5. The molecule has 0 saturated heterocycles. The molecule has 2 aromatic carbocycles. The Hall–Kier alpha value is -3.04. The lowest BCUT2D eigenvalue weighted by Crippen LogP contribution is -2.19. The minimum absolute atomic E-state index is 0.135. The molecule has 0 radical (unpaired) electrons. The van der Waals surface area contributed by atoms with Crippen molar-refractivity contribution < 1.29 is 31.7 Å². The van der Waals surface area contributed by atoms with Crippen molar-refractivity contribution in [1.29, 1.82) is 0 Å². The topological polar surface area (TPSA) is 72.2 Å². The fourth-order valence-electron chi connectivity index (χ4n) is 1.66. The Morgan fingerprint density at radius 1 is 0.870 bits per heavy atom. The predicted molar refractivity (Wildman–Crippen MR) is 67.3 cm³/mol. The number of carbonyl (C=O) groups excluding carboxylic acids is 1. The zero-order valence-corrected chi connectivity index (χ0v) is 10.9. The zero-order valence-electron chi connectivity index (χ0n) is 10.9. The van der Waals surface area contributed by atoms with Gasteiger partial charge in [0, 0.05) is 17.8 Å². The molecule has 0 bridgehead atoms. The van der Waals surface area contributed by atoms with Gasteiger partial charge < -0.3 is 5.32 Å². The third kappa shape index (κ3) is 2.96. The van der Waals surface area contributed by atoms with Gasteiger partial charge in [0.25, 0.3) is 11.6 Å². The number of rotatable bonds is 3. The molecule has 1 amide bonds. The minimum Gasteiger partial charge on any atom is -0.322 e. The monoisotopic (exact) mass is 332 g/mol. The Morgan fingerprint density at radius 2 is 1.30 bits per heavy atom. The summed E-state index contributed by atoms with van der Waals surface area (Å²) in [7, 11) is 0. The van der Waals surface area contributed by atoms with E-state index in [-0.39, 0.29) is 11.4 Å². The number of hydrogen-bond acceptors (Lipinski definition) is 3. The van der Waals surface area contributed by atoms with Crippen LogP contribution in [0.5, 0.6) is 0 Å². The van der Waals surface area contributed by atoms with E-state index in [0.717, 1.165) is 24.3 Å². The van der Waals surface area contributed by atoms with Crippen LogP contribution in [0.3, 0.4) is 0 Å². The first-order valence-corrected chi connectivity index (χ1v) is 5.81. The van der Waals surface area contributed by atoms with Gasteiger partial charge >= 0.3 is 0 Å². The SMILES string of the molecule is O=C(Nc1ccc([N+](=O)[O-])cc1)c1c(F)c(F)c(F)c(F)c1F. The van der Waals surface area contributed by atoms with Crippen LogP contribution in [0.25, 0.3) is 0 Å². The number of nitrogens with one attached hydrogen (secondary N) is 1. The van der Waals surface area contributed by atoms with Gasteiger partial charge in [0.05, 0.1) is 4.92 Å². The number of nitrogens with zero attached hydrogens (tertiary/aromatic N) is 1. The third-order valence-electron chi connectivity index (χ3n) is 2.77. The van der Waals surface area contributed by atoms with Crippen LogP contribution in [0.15, 0.2) is 24.3 Å². The Morgan fingerprint density at radius 3 is 1.74 bits per heavy atom. The molecular formula is C13H5F5N2O3. The van der Waals surface area contributed by atoms with Crippen LogP contribution < -0.4 is 5.32 Å². The number of amides is 1. The summed E-state index contributed by atoms with van der Waals surface area (Å²) in [5, 5.41) is 12.3. The molecule has 23 heavy (non-hydrogen) atoms. The largest absolute Gasteiger partial charge is 0.322 e. The summed E-state index contributed by atoms with van der Waals surface area (Å²) >= 11 is 0. The van der Waals surface area contributed by atoms with Gasteiger partial charge in [-0.1, -0.05) is 0 Å². The van der Waals surface area contributed by atoms with Crippen molar-refractivity contribution in [3.05, 3.63) is 69.0 Å². The van der Waals surface area contributed by atoms with E-state index in [4.69, 9.17) is 0 Å². The summed E-state index contributed by atoms with van der Waals surface area (Å²) in [5.74, 6) is -13.0. The number of non-ortho nitro benzene ring substituents is 1. The van der Waals surface area contributed by atoms with Crippen molar-refractivity contribution in [2.75, 3.05) is 5.32 Å². The second-order valence-electron chi connectivity index (χ2n) is 4.20. The van der Waals surface area contributed by atoms with Crippen molar-refractivity contribution in [2.45, 2.75) is 0 Å². The summed E-state index contributed by atoms with van der Waals surface area (Å²) in [4.78, 5) is 21.4. The van der Waals surface area contributed by atoms with Crippen LogP contribution in [0, 0.1) is 39.2 Å². The van der Waals surface area contributed by atoms with Crippen molar-refractivity contribution in [3.63, 3.8) is 0 Å². The number of anilines is 1. The molecule has 1 N–H and O–H groups in total. The Bertz CT molecular complexity index is 779. The summed E-state index contributed by atoms with van der Waals surface area (Å²) in [6.45, 7) is 0. The number of halogens is 5. The van der Waals surface area contributed by atoms with Crippen LogP contribution in [0.1, 0.15) is 10.4 Å². The van der Waals surface area contributed by atoms with Gasteiger partial charge in [-0.15, -0.1) is 0 Å². The van der Waals surface area contributed by atoms with Gasteiger partial charge in [0.2, 0.25) is 5.82 Å². The van der Waals surface area contributed by atoms with Crippen LogP contribution in [0.2, 0.25) is 0 Å². The lowest BCUT2D eigenvalue weighted by Gasteiger charge is -2.09. The van der Waals surface area contributed by atoms with E-state index in [0.29, 0.717) is 0 Å². The van der Waals surface area contributed by atoms with Gasteiger partial charge in [0.15, 0.2) is 23.3 Å². The first-order chi connectivity index (χ1) is 10.7. The molecule has 0 saturated carbocycles. The molecule has 5 nitrogen and oxygen atoms in total. The first-order valence-electron chi connectivity index (χ1n) is 5.81. The molecule has 0 heterocycles. The maximum absolute atomic E-state index is 13.5. The number of hydrogen-bond donors (Lipinski definition) is 1. The number of benzene rings is 2. The number of nitro benzene ring substituents is 1. The fraction of sp³-hybridized carbons (Fsp3) is 0. The summed E-state index contributed by atoms with van der Waals surface area (Å²) in [5.41, 5.74) is -2.11. The minimum atomic E-state index is -2.38. The molecule has 0 atom stereocenters. The van der Waals surface area contributed by atoms with Crippen LogP contribution in [0.4, 0.5) is 33.3 Å². The highest BCUT2D eigenvalue weighted by atomic mass is 19.2. The second kappa shape index (κ2) is 5.99. The van der Waals surface area contributed by atoms with Crippen LogP contribution in [-0.2, 0) is 0 Å². The lowest BCUT2D eigenvalue weighted by atomic mass is 10.1. The Balaban J connectivity index is 2.36. The Labute approximate surface area is 124 Å². The Kier molecular flexibility index (Phi) is 4.25. The van der Waals surface area contributed by atoms with E-state index in [9.17, 15) is 36.9 Å². The fourth-order valence-corrected chi connectivity index (χ4v) is 1.66. The van der Waals surface area contributed by atoms with E-state index in [1.165, 1.54) is 0 Å². The van der Waals surface area contributed by atoms with Crippen LogP contribution >= 0.6 is 0 Å². The quantitative estimate of drug-likeness (QED) is 0.307. The second-order valence-corrected chi connectivity index (χ2v) is 4.20. The van der Waals surface area contributed by atoms with Crippen LogP contribution in [-0.4, -0.2) is 10.8 Å². The van der Waals surface area contributed by atoms with Gasteiger partial charge in [-0.3, -0.25) is 14.9 Å². The molecule has 120 valence electrons. The van der Waals surface area contributed by atoms with E-state index < -0.39 is 45.5 Å². The van der Waals surface area contributed by atoms with Gasteiger partial charge in [-0.25, -0.2) is 22.0 Å². The molecule has 0 aromatic heterocycles. The molecule has 2 aromatic rings. The number of nitro groups is 1. The average Bonchev–Trinajstić information content (AvgIpc) is 2.51. The number of carbonyl (C=O) groups is 1. The smallest absolute Gasteiger partial charge is 0.269 e. The van der Waals surface area contributed by atoms with Gasteiger partial charge in [-0.05, 0) is 12.1 Å². The molecule has 0 aliphatic carbocycles. The van der Waals surface area contributed by atoms with Crippen molar-refractivity contribution in [1.82, 2.24) is 0 Å². The molecule has 0 unspecified atom stereocenters. The standard InChI is InChI=1S/C13H5F5N2O3/c14-8-7(9(15)11(17)12(18)10(8)16)13(21)19-5-1-3-6(4-2-5)20(22)23/h1-4H,(H,19,21). The van der Waals surface area contributed by atoms with E-state index in [1.807, 2.05) is 5.32 Å². The van der Waals surface area contributed by atoms with Crippen molar-refractivity contribution in [3.8, 4) is 0 Å². The summed E-state index contributed by atoms with van der Waals surface area (Å²) < 4.78 is 65.8. The first kappa shape index (κ1) is 16.3. The van der Waals surface area contributed by atoms with Crippen molar-refractivity contribution in [2.24, 2.45) is 0 Å². The molecule has 10 heteroatoms. The maximum atomic E-state index is 13.5. The predicted octanol–water partition coefficient (Wildman–Crippen LogP) is 3.54. The molecule has 2 rings (SSSR count). The van der Waals surface area contributed by atoms with Gasteiger partial charge in [0.1, 0.15) is 5.56 Å². The van der Waals surface area contributed by atoms with E-state index in [2.05, 4.69) is 0 Å². The summed E-state index contributed by atoms with van der Waals surface area (Å²) in [6.07, 6.45) is 0. The maximum Gasteiger partial charge on any atom is 0.269 e. The summed E-state index contributed by atoms with van der Waals surface area (Å²) in [6, 6.07) is 4.02. The van der Waals surface area contributed by atoms with E-state index >= 15 is 0 Å². The highest BCUT2D eigenvalue weighted by Gasteiger charge is 2.29. The highest BCUT2D eigenvalue weighted by Crippen LogP contribution is 2.24. The molecule has 0 spiro atoms. The molecule has 0 fully saturated rings. The third-order valence-corrected chi connectivity index (χ3v) is 2.77. The van der Waals surface area contributed by atoms with Crippen molar-refractivity contribution >= 4 is 17.3 Å². The molecule has 0 aliphatic heterocycles.